The monoisotopic (exact) mass is 473 g/mol. The van der Waals surface area contributed by atoms with Crippen LogP contribution in [0.3, 0.4) is 0 Å². The van der Waals surface area contributed by atoms with Crippen LogP contribution in [-0.4, -0.2) is 47.9 Å². The molecule has 1 saturated heterocycles. The SMILES string of the molecule is CN(Cc1ccc(C(=O)NC2CC2)cc1)C(=O)C1CCN(c2oc(-c3ccco3)nc2C#N)CC1. The summed E-state index contributed by atoms with van der Waals surface area (Å²) in [5, 5.41) is 12.5. The minimum atomic E-state index is -0.0992. The summed E-state index contributed by atoms with van der Waals surface area (Å²) in [6, 6.07) is 13.3. The molecule has 9 nitrogen and oxygen atoms in total. The Balaban J connectivity index is 1.16. The molecule has 180 valence electrons. The summed E-state index contributed by atoms with van der Waals surface area (Å²) >= 11 is 0. The molecule has 1 N–H and O–H groups in total. The van der Waals surface area contributed by atoms with E-state index in [1.54, 1.807) is 17.0 Å². The third-order valence-corrected chi connectivity index (χ3v) is 6.50. The average Bonchev–Trinajstić information content (AvgIpc) is 3.34. The van der Waals surface area contributed by atoms with Crippen molar-refractivity contribution in [3.63, 3.8) is 0 Å². The van der Waals surface area contributed by atoms with Gasteiger partial charge in [0.15, 0.2) is 5.76 Å². The fourth-order valence-corrected chi connectivity index (χ4v) is 4.36. The number of nitrogens with zero attached hydrogens (tertiary/aromatic N) is 4. The van der Waals surface area contributed by atoms with Gasteiger partial charge in [-0.2, -0.15) is 10.2 Å². The molecule has 1 aliphatic heterocycles. The number of hydrogen-bond donors (Lipinski definition) is 1. The molecule has 2 fully saturated rings. The highest BCUT2D eigenvalue weighted by Gasteiger charge is 2.31. The van der Waals surface area contributed by atoms with Gasteiger partial charge in [0.05, 0.1) is 6.26 Å². The second-order valence-electron chi connectivity index (χ2n) is 9.16. The lowest BCUT2D eigenvalue weighted by Gasteiger charge is -2.33. The molecule has 2 amide bonds. The molecule has 1 aromatic carbocycles. The molecule has 1 aliphatic carbocycles. The molecule has 5 rings (SSSR count). The molecule has 35 heavy (non-hydrogen) atoms. The number of amides is 2. The largest absolute Gasteiger partial charge is 0.459 e. The van der Waals surface area contributed by atoms with E-state index in [2.05, 4.69) is 16.4 Å². The normalized spacial score (nSPS) is 16.1. The third kappa shape index (κ3) is 5.06. The molecule has 0 bridgehead atoms. The van der Waals surface area contributed by atoms with Crippen molar-refractivity contribution < 1.29 is 18.4 Å². The number of nitrogens with one attached hydrogen (secondary N) is 1. The number of oxazole rings is 1. The van der Waals surface area contributed by atoms with Gasteiger partial charge in [0.25, 0.3) is 11.8 Å². The maximum absolute atomic E-state index is 13.1. The highest BCUT2D eigenvalue weighted by Crippen LogP contribution is 2.31. The van der Waals surface area contributed by atoms with Gasteiger partial charge in [0.2, 0.25) is 17.5 Å². The lowest BCUT2D eigenvalue weighted by molar-refractivity contribution is -0.135. The van der Waals surface area contributed by atoms with Gasteiger partial charge in [-0.05, 0) is 55.5 Å². The van der Waals surface area contributed by atoms with Crippen LogP contribution in [-0.2, 0) is 11.3 Å². The summed E-state index contributed by atoms with van der Waals surface area (Å²) < 4.78 is 11.2. The van der Waals surface area contributed by atoms with Crippen molar-refractivity contribution in [1.29, 1.82) is 5.26 Å². The van der Waals surface area contributed by atoms with Gasteiger partial charge in [0, 0.05) is 44.2 Å². The Kier molecular flexibility index (Phi) is 6.27. The Morgan fingerprint density at radius 2 is 1.91 bits per heavy atom. The van der Waals surface area contributed by atoms with Crippen LogP contribution in [0.5, 0.6) is 0 Å². The Bertz CT molecular complexity index is 1230. The van der Waals surface area contributed by atoms with Gasteiger partial charge in [-0.1, -0.05) is 12.1 Å². The molecular formula is C26H27N5O4. The standard InChI is InChI=1S/C26H27N5O4/c1-30(16-17-4-6-18(7-5-17)23(32)28-20-8-9-20)25(33)19-10-12-31(13-11-19)26-21(15-27)29-24(35-26)22-3-2-14-34-22/h2-7,14,19-20H,8-13,16H2,1H3,(H,28,32). The highest BCUT2D eigenvalue weighted by molar-refractivity contribution is 5.94. The fourth-order valence-electron chi connectivity index (χ4n) is 4.36. The van der Waals surface area contributed by atoms with E-state index in [0.29, 0.717) is 55.7 Å². The molecule has 9 heteroatoms. The molecule has 0 unspecified atom stereocenters. The van der Waals surface area contributed by atoms with E-state index in [-0.39, 0.29) is 29.3 Å². The van der Waals surface area contributed by atoms with E-state index < -0.39 is 0 Å². The zero-order valence-electron chi connectivity index (χ0n) is 19.6. The molecule has 2 aromatic heterocycles. The number of carbonyl (C=O) groups excluding carboxylic acids is 2. The van der Waals surface area contributed by atoms with Gasteiger partial charge in [0.1, 0.15) is 6.07 Å². The first-order valence-electron chi connectivity index (χ1n) is 11.9. The minimum Gasteiger partial charge on any atom is -0.459 e. The summed E-state index contributed by atoms with van der Waals surface area (Å²) in [7, 11) is 1.81. The van der Waals surface area contributed by atoms with Gasteiger partial charge < -0.3 is 24.0 Å². The van der Waals surface area contributed by atoms with Crippen LogP contribution in [0.2, 0.25) is 0 Å². The first-order valence-corrected chi connectivity index (χ1v) is 11.9. The van der Waals surface area contributed by atoms with E-state index in [1.807, 2.05) is 36.2 Å². The number of rotatable bonds is 7. The first kappa shape index (κ1) is 22.7. The first-order chi connectivity index (χ1) is 17.0. The zero-order chi connectivity index (χ0) is 24.4. The van der Waals surface area contributed by atoms with Crippen LogP contribution in [0.15, 0.2) is 51.5 Å². The van der Waals surface area contributed by atoms with Gasteiger partial charge >= 0.3 is 0 Å². The van der Waals surface area contributed by atoms with Crippen molar-refractivity contribution in [1.82, 2.24) is 15.2 Å². The van der Waals surface area contributed by atoms with Crippen LogP contribution in [0.1, 0.15) is 47.3 Å². The minimum absolute atomic E-state index is 0.0437. The molecule has 2 aliphatic rings. The lowest BCUT2D eigenvalue weighted by Crippen LogP contribution is -2.41. The van der Waals surface area contributed by atoms with E-state index in [0.717, 1.165) is 18.4 Å². The number of piperidine rings is 1. The van der Waals surface area contributed by atoms with Crippen molar-refractivity contribution in [3.8, 4) is 17.7 Å². The van der Waals surface area contributed by atoms with Crippen molar-refractivity contribution in [2.45, 2.75) is 38.3 Å². The second kappa shape index (κ2) is 9.66. The molecule has 3 heterocycles. The van der Waals surface area contributed by atoms with Crippen molar-refractivity contribution in [2.24, 2.45) is 5.92 Å². The van der Waals surface area contributed by atoms with Gasteiger partial charge in [-0.15, -0.1) is 0 Å². The smallest absolute Gasteiger partial charge is 0.266 e. The topological polar surface area (TPSA) is 116 Å². The summed E-state index contributed by atoms with van der Waals surface area (Å²) in [5.41, 5.74) is 1.83. The molecule has 1 saturated carbocycles. The van der Waals surface area contributed by atoms with Crippen LogP contribution in [0.25, 0.3) is 11.7 Å². The van der Waals surface area contributed by atoms with E-state index in [4.69, 9.17) is 8.83 Å². The number of carbonyl (C=O) groups is 2. The van der Waals surface area contributed by atoms with E-state index in [1.165, 1.54) is 6.26 Å². The van der Waals surface area contributed by atoms with Gasteiger partial charge in [-0.3, -0.25) is 9.59 Å². The Labute approximate surface area is 203 Å². The molecule has 3 aromatic rings. The van der Waals surface area contributed by atoms with Crippen molar-refractivity contribution in [2.75, 3.05) is 25.0 Å². The van der Waals surface area contributed by atoms with Crippen LogP contribution >= 0.6 is 0 Å². The Morgan fingerprint density at radius 1 is 1.17 bits per heavy atom. The number of furan rings is 1. The van der Waals surface area contributed by atoms with Crippen LogP contribution < -0.4 is 10.2 Å². The Morgan fingerprint density at radius 3 is 2.54 bits per heavy atom. The van der Waals surface area contributed by atoms with E-state index >= 15 is 0 Å². The summed E-state index contributed by atoms with van der Waals surface area (Å²) in [6.07, 6.45) is 4.95. The molecule has 0 spiro atoms. The highest BCUT2D eigenvalue weighted by atomic mass is 16.4. The number of nitriles is 1. The van der Waals surface area contributed by atoms with Crippen molar-refractivity contribution in [3.05, 3.63) is 59.5 Å². The van der Waals surface area contributed by atoms with Crippen LogP contribution in [0, 0.1) is 17.2 Å². The Hall–Kier alpha value is -4.06. The van der Waals surface area contributed by atoms with Gasteiger partial charge in [-0.25, -0.2) is 0 Å². The molecular weight excluding hydrogens is 446 g/mol. The summed E-state index contributed by atoms with van der Waals surface area (Å²) in [4.78, 5) is 33.2. The quantitative estimate of drug-likeness (QED) is 0.558. The number of aromatic nitrogens is 1. The number of benzene rings is 1. The lowest BCUT2D eigenvalue weighted by atomic mass is 9.95. The van der Waals surface area contributed by atoms with Crippen molar-refractivity contribution >= 4 is 17.7 Å². The maximum atomic E-state index is 13.1. The zero-order valence-corrected chi connectivity index (χ0v) is 19.6. The van der Waals surface area contributed by atoms with Crippen LogP contribution in [0.4, 0.5) is 5.88 Å². The molecule has 0 atom stereocenters. The predicted molar refractivity (Wildman–Crippen MR) is 127 cm³/mol. The maximum Gasteiger partial charge on any atom is 0.266 e. The predicted octanol–water partition coefficient (Wildman–Crippen LogP) is 3.57. The summed E-state index contributed by atoms with van der Waals surface area (Å²) in [6.45, 7) is 1.67. The second-order valence-corrected chi connectivity index (χ2v) is 9.16. The fraction of sp³-hybridized carbons (Fsp3) is 0.385. The average molecular weight is 474 g/mol. The third-order valence-electron chi connectivity index (χ3n) is 6.50. The molecule has 0 radical (unpaired) electrons. The number of anilines is 1. The summed E-state index contributed by atoms with van der Waals surface area (Å²) in [5.74, 6) is 1.11. The van der Waals surface area contributed by atoms with E-state index in [9.17, 15) is 14.9 Å². The number of hydrogen-bond acceptors (Lipinski definition) is 7.